The van der Waals surface area contributed by atoms with E-state index in [1.807, 2.05) is 12.1 Å². The Balaban J connectivity index is 2.12. The molecule has 2 heterocycles. The summed E-state index contributed by atoms with van der Waals surface area (Å²) < 4.78 is 6.11. The number of nitrogens with zero attached hydrogens (tertiary/aromatic N) is 2. The Morgan fingerprint density at radius 1 is 1.47 bits per heavy atom. The van der Waals surface area contributed by atoms with Crippen molar-refractivity contribution in [3.63, 3.8) is 0 Å². The minimum Gasteiger partial charge on any atom is -0.390 e. The lowest BCUT2D eigenvalue weighted by Crippen LogP contribution is -2.37. The van der Waals surface area contributed by atoms with E-state index in [0.29, 0.717) is 6.10 Å². The van der Waals surface area contributed by atoms with Crippen molar-refractivity contribution in [3.05, 3.63) is 22.4 Å². The van der Waals surface area contributed by atoms with Gasteiger partial charge in [0.05, 0.1) is 24.1 Å². The Bertz CT molecular complexity index is 379. The molecule has 1 saturated heterocycles. The molecule has 1 N–H and O–H groups in total. The number of rotatable bonds is 3. The van der Waals surface area contributed by atoms with Crippen LogP contribution in [0.1, 0.15) is 18.5 Å². The number of halogens is 1. The van der Waals surface area contributed by atoms with E-state index in [9.17, 15) is 5.11 Å². The van der Waals surface area contributed by atoms with Crippen molar-refractivity contribution in [2.75, 3.05) is 25.1 Å². The zero-order valence-electron chi connectivity index (χ0n) is 9.90. The number of aliphatic hydroxyl groups is 1. The fourth-order valence-electron chi connectivity index (χ4n) is 2.20. The van der Waals surface area contributed by atoms with Crippen LogP contribution < -0.4 is 4.90 Å². The van der Waals surface area contributed by atoms with Crippen LogP contribution in [0.3, 0.4) is 0 Å². The molecule has 5 heteroatoms. The summed E-state index contributed by atoms with van der Waals surface area (Å²) in [5.74, 6) is 0. The highest BCUT2D eigenvalue weighted by atomic mass is 79.9. The molecule has 0 radical (unpaired) electrons. The number of hydrogen-bond acceptors (Lipinski definition) is 4. The number of aliphatic hydroxyl groups excluding tert-OH is 1. The SMILES string of the molecule is COC1CCN(c2ccc(Br)nc2CO)CC1. The molecule has 0 unspecified atom stereocenters. The highest BCUT2D eigenvalue weighted by Gasteiger charge is 2.20. The van der Waals surface area contributed by atoms with E-state index >= 15 is 0 Å². The molecule has 17 heavy (non-hydrogen) atoms. The first kappa shape index (κ1) is 12.8. The summed E-state index contributed by atoms with van der Waals surface area (Å²) >= 11 is 3.32. The quantitative estimate of drug-likeness (QED) is 0.867. The largest absolute Gasteiger partial charge is 0.390 e. The van der Waals surface area contributed by atoms with Crippen LogP contribution in [0.2, 0.25) is 0 Å². The Morgan fingerprint density at radius 2 is 2.18 bits per heavy atom. The fraction of sp³-hybridized carbons (Fsp3) is 0.583. The fourth-order valence-corrected chi connectivity index (χ4v) is 2.55. The molecule has 1 fully saturated rings. The summed E-state index contributed by atoms with van der Waals surface area (Å²) in [7, 11) is 1.76. The van der Waals surface area contributed by atoms with E-state index in [1.54, 1.807) is 7.11 Å². The maximum absolute atomic E-state index is 9.34. The second-order valence-corrected chi connectivity index (χ2v) is 4.99. The van der Waals surface area contributed by atoms with Crippen molar-refractivity contribution in [1.29, 1.82) is 0 Å². The van der Waals surface area contributed by atoms with Gasteiger partial charge in [0.25, 0.3) is 0 Å². The van der Waals surface area contributed by atoms with Crippen molar-refractivity contribution in [1.82, 2.24) is 4.98 Å². The van der Waals surface area contributed by atoms with Gasteiger partial charge in [-0.15, -0.1) is 0 Å². The first-order valence-corrected chi connectivity index (χ1v) is 6.58. The monoisotopic (exact) mass is 300 g/mol. The van der Waals surface area contributed by atoms with Gasteiger partial charge in [0.15, 0.2) is 0 Å². The molecule has 1 aliphatic heterocycles. The van der Waals surface area contributed by atoms with Crippen LogP contribution in [0.5, 0.6) is 0 Å². The van der Waals surface area contributed by atoms with Gasteiger partial charge in [-0.1, -0.05) is 0 Å². The second kappa shape index (κ2) is 5.80. The van der Waals surface area contributed by atoms with Crippen LogP contribution in [0, 0.1) is 0 Å². The number of aromatic nitrogens is 1. The lowest BCUT2D eigenvalue weighted by molar-refractivity contribution is 0.0818. The summed E-state index contributed by atoms with van der Waals surface area (Å²) in [4.78, 5) is 6.56. The molecule has 4 nitrogen and oxygen atoms in total. The number of pyridine rings is 1. The normalized spacial score (nSPS) is 17.5. The van der Waals surface area contributed by atoms with Gasteiger partial charge in [0.1, 0.15) is 4.60 Å². The van der Waals surface area contributed by atoms with Crippen LogP contribution in [0.25, 0.3) is 0 Å². The third-order valence-electron chi connectivity index (χ3n) is 3.18. The van der Waals surface area contributed by atoms with E-state index < -0.39 is 0 Å². The van der Waals surface area contributed by atoms with Gasteiger partial charge in [-0.2, -0.15) is 0 Å². The summed E-state index contributed by atoms with van der Waals surface area (Å²) in [5.41, 5.74) is 1.76. The Morgan fingerprint density at radius 3 is 2.76 bits per heavy atom. The van der Waals surface area contributed by atoms with E-state index in [-0.39, 0.29) is 6.61 Å². The zero-order chi connectivity index (χ0) is 12.3. The van der Waals surface area contributed by atoms with E-state index in [0.717, 1.165) is 41.9 Å². The van der Waals surface area contributed by atoms with Crippen molar-refractivity contribution >= 4 is 21.6 Å². The van der Waals surface area contributed by atoms with Crippen molar-refractivity contribution in [2.45, 2.75) is 25.6 Å². The van der Waals surface area contributed by atoms with Crippen molar-refractivity contribution < 1.29 is 9.84 Å². The molecule has 94 valence electrons. The number of hydrogen-bond donors (Lipinski definition) is 1. The molecule has 0 amide bonds. The summed E-state index contributed by atoms with van der Waals surface area (Å²) in [6, 6.07) is 3.92. The van der Waals surface area contributed by atoms with Crippen LogP contribution in [0.15, 0.2) is 16.7 Å². The van der Waals surface area contributed by atoms with Gasteiger partial charge < -0.3 is 14.7 Å². The first-order chi connectivity index (χ1) is 8.24. The number of ether oxygens (including phenoxy) is 1. The van der Waals surface area contributed by atoms with Crippen molar-refractivity contribution in [3.8, 4) is 0 Å². The topological polar surface area (TPSA) is 45.6 Å². The van der Waals surface area contributed by atoms with Crippen LogP contribution in [0.4, 0.5) is 5.69 Å². The zero-order valence-corrected chi connectivity index (χ0v) is 11.5. The Kier molecular flexibility index (Phi) is 4.36. The highest BCUT2D eigenvalue weighted by molar-refractivity contribution is 9.10. The number of piperidine rings is 1. The maximum atomic E-state index is 9.34. The van der Waals surface area contributed by atoms with E-state index in [2.05, 4.69) is 25.8 Å². The molecular formula is C12H17BrN2O2. The highest BCUT2D eigenvalue weighted by Crippen LogP contribution is 2.25. The van der Waals surface area contributed by atoms with Gasteiger partial charge in [-0.05, 0) is 40.9 Å². The van der Waals surface area contributed by atoms with E-state index in [1.165, 1.54) is 0 Å². The lowest BCUT2D eigenvalue weighted by atomic mass is 10.1. The Hall–Kier alpha value is -0.650. The molecule has 2 rings (SSSR count). The second-order valence-electron chi connectivity index (χ2n) is 4.18. The maximum Gasteiger partial charge on any atom is 0.106 e. The van der Waals surface area contributed by atoms with Crippen LogP contribution in [-0.2, 0) is 11.3 Å². The third-order valence-corrected chi connectivity index (χ3v) is 3.62. The third kappa shape index (κ3) is 2.97. The summed E-state index contributed by atoms with van der Waals surface area (Å²) in [5, 5.41) is 9.34. The molecule has 1 aliphatic rings. The molecule has 0 aliphatic carbocycles. The molecule has 0 saturated carbocycles. The average Bonchev–Trinajstić information content (AvgIpc) is 2.39. The minimum atomic E-state index is -0.0288. The predicted octanol–water partition coefficient (Wildman–Crippen LogP) is 1.95. The van der Waals surface area contributed by atoms with Crippen LogP contribution in [-0.4, -0.2) is 36.4 Å². The summed E-state index contributed by atoms with van der Waals surface area (Å²) in [6.07, 6.45) is 2.42. The molecule has 1 aromatic heterocycles. The van der Waals surface area contributed by atoms with Gasteiger partial charge in [0.2, 0.25) is 0 Å². The lowest BCUT2D eigenvalue weighted by Gasteiger charge is -2.33. The van der Waals surface area contributed by atoms with Gasteiger partial charge in [-0.25, -0.2) is 4.98 Å². The molecule has 0 atom stereocenters. The van der Waals surface area contributed by atoms with Gasteiger partial charge >= 0.3 is 0 Å². The molecule has 0 aromatic carbocycles. The molecule has 1 aromatic rings. The predicted molar refractivity (Wildman–Crippen MR) is 70.1 cm³/mol. The number of anilines is 1. The average molecular weight is 301 g/mol. The van der Waals surface area contributed by atoms with Crippen molar-refractivity contribution in [2.24, 2.45) is 0 Å². The van der Waals surface area contributed by atoms with Gasteiger partial charge in [0, 0.05) is 20.2 Å². The standard InChI is InChI=1S/C12H17BrN2O2/c1-17-9-4-6-15(7-5-9)11-2-3-12(13)14-10(11)8-16/h2-3,9,16H,4-8H2,1H3. The smallest absolute Gasteiger partial charge is 0.106 e. The van der Waals surface area contributed by atoms with E-state index in [4.69, 9.17) is 4.74 Å². The minimum absolute atomic E-state index is 0.0288. The summed E-state index contributed by atoms with van der Waals surface area (Å²) in [6.45, 7) is 1.88. The van der Waals surface area contributed by atoms with Crippen LogP contribution >= 0.6 is 15.9 Å². The molecule has 0 bridgehead atoms. The first-order valence-electron chi connectivity index (χ1n) is 5.78. The number of methoxy groups -OCH3 is 1. The molecule has 0 spiro atoms. The Labute approximate surface area is 110 Å². The van der Waals surface area contributed by atoms with Gasteiger partial charge in [-0.3, -0.25) is 0 Å². The molecular weight excluding hydrogens is 284 g/mol.